The summed E-state index contributed by atoms with van der Waals surface area (Å²) in [6, 6.07) is 9.50. The Labute approximate surface area is 66.5 Å². The highest BCUT2D eigenvalue weighted by Crippen LogP contribution is 2.07. The van der Waals surface area contributed by atoms with Crippen LogP contribution in [0.1, 0.15) is 13.3 Å². The summed E-state index contributed by atoms with van der Waals surface area (Å²) in [5.74, 6) is 0.775. The van der Waals surface area contributed by atoms with Crippen molar-refractivity contribution < 1.29 is 4.84 Å². The van der Waals surface area contributed by atoms with E-state index in [0.717, 1.165) is 12.2 Å². The zero-order valence-corrected chi connectivity index (χ0v) is 6.53. The van der Waals surface area contributed by atoms with E-state index in [-0.39, 0.29) is 0 Å². The molecule has 0 unspecified atom stereocenters. The van der Waals surface area contributed by atoms with Crippen molar-refractivity contribution in [3.63, 3.8) is 0 Å². The Balaban J connectivity index is 2.45. The van der Waals surface area contributed by atoms with E-state index in [1.54, 1.807) is 6.21 Å². The van der Waals surface area contributed by atoms with Gasteiger partial charge in [-0.05, 0) is 18.6 Å². The quantitative estimate of drug-likeness (QED) is 0.478. The lowest BCUT2D eigenvalue weighted by Crippen LogP contribution is -1.82. The van der Waals surface area contributed by atoms with Gasteiger partial charge in [0, 0.05) is 6.21 Å². The third-order valence-electron chi connectivity index (χ3n) is 1.16. The zero-order valence-electron chi connectivity index (χ0n) is 6.53. The van der Waals surface area contributed by atoms with Crippen molar-refractivity contribution in [2.24, 2.45) is 5.16 Å². The maximum atomic E-state index is 5.02. The summed E-state index contributed by atoms with van der Waals surface area (Å²) in [6.45, 7) is 2.01. The fourth-order valence-corrected chi connectivity index (χ4v) is 0.654. The lowest BCUT2D eigenvalue weighted by molar-refractivity contribution is 0.343. The van der Waals surface area contributed by atoms with Crippen LogP contribution in [0.3, 0.4) is 0 Å². The van der Waals surface area contributed by atoms with Gasteiger partial charge in [-0.2, -0.15) is 0 Å². The summed E-state index contributed by atoms with van der Waals surface area (Å²) >= 11 is 0. The molecule has 0 fully saturated rings. The minimum absolute atomic E-state index is 0.775. The number of nitrogens with zero attached hydrogens (tertiary/aromatic N) is 1. The molecular weight excluding hydrogens is 138 g/mol. The summed E-state index contributed by atoms with van der Waals surface area (Å²) in [5.41, 5.74) is 0. The number of hydrogen-bond acceptors (Lipinski definition) is 2. The van der Waals surface area contributed by atoms with Gasteiger partial charge in [-0.1, -0.05) is 30.3 Å². The molecule has 0 radical (unpaired) electrons. The van der Waals surface area contributed by atoms with Crippen LogP contribution < -0.4 is 4.84 Å². The Bertz CT molecular complexity index is 218. The highest BCUT2D eigenvalue weighted by molar-refractivity contribution is 5.55. The Kier molecular flexibility index (Phi) is 3.19. The van der Waals surface area contributed by atoms with E-state index in [2.05, 4.69) is 5.16 Å². The van der Waals surface area contributed by atoms with Crippen molar-refractivity contribution >= 4 is 6.21 Å². The molecule has 0 atom stereocenters. The van der Waals surface area contributed by atoms with Gasteiger partial charge in [0.05, 0.1) is 0 Å². The van der Waals surface area contributed by atoms with Gasteiger partial charge in [0.2, 0.25) is 0 Å². The molecule has 2 heteroatoms. The molecule has 1 aromatic rings. The molecule has 0 amide bonds. The lowest BCUT2D eigenvalue weighted by atomic mass is 10.3. The fourth-order valence-electron chi connectivity index (χ4n) is 0.654. The van der Waals surface area contributed by atoms with Crippen molar-refractivity contribution in [3.8, 4) is 5.75 Å². The van der Waals surface area contributed by atoms with Gasteiger partial charge in [0.15, 0.2) is 5.75 Å². The van der Waals surface area contributed by atoms with Crippen LogP contribution in [0.25, 0.3) is 0 Å². The fraction of sp³-hybridized carbons (Fsp3) is 0.222. The molecule has 0 aliphatic carbocycles. The summed E-state index contributed by atoms with van der Waals surface area (Å²) < 4.78 is 0. The zero-order chi connectivity index (χ0) is 7.94. The monoisotopic (exact) mass is 149 g/mol. The maximum Gasteiger partial charge on any atom is 0.157 e. The molecule has 2 nitrogen and oxygen atoms in total. The van der Waals surface area contributed by atoms with Crippen LogP contribution in [0.5, 0.6) is 5.75 Å². The SMILES string of the molecule is CCC=NOc1ccccc1. The first-order valence-electron chi connectivity index (χ1n) is 3.67. The van der Waals surface area contributed by atoms with Crippen LogP contribution in [-0.2, 0) is 0 Å². The molecule has 0 saturated heterocycles. The van der Waals surface area contributed by atoms with Crippen LogP contribution in [0, 0.1) is 0 Å². The van der Waals surface area contributed by atoms with E-state index in [4.69, 9.17) is 4.84 Å². The summed E-state index contributed by atoms with van der Waals surface area (Å²) in [7, 11) is 0. The molecule has 0 aliphatic heterocycles. The van der Waals surface area contributed by atoms with Crippen LogP contribution in [-0.4, -0.2) is 6.21 Å². The van der Waals surface area contributed by atoms with Crippen LogP contribution in [0.4, 0.5) is 0 Å². The Hall–Kier alpha value is -1.31. The van der Waals surface area contributed by atoms with E-state index in [1.807, 2.05) is 37.3 Å². The smallest absolute Gasteiger partial charge is 0.157 e. The molecule has 1 aromatic carbocycles. The third kappa shape index (κ3) is 2.85. The van der Waals surface area contributed by atoms with Gasteiger partial charge in [-0.15, -0.1) is 0 Å². The first kappa shape index (κ1) is 7.79. The number of hydrogen-bond donors (Lipinski definition) is 0. The van der Waals surface area contributed by atoms with Gasteiger partial charge in [0.1, 0.15) is 0 Å². The Morgan fingerprint density at radius 3 is 2.73 bits per heavy atom. The predicted octanol–water partition coefficient (Wildman–Crippen LogP) is 2.46. The van der Waals surface area contributed by atoms with Gasteiger partial charge >= 0.3 is 0 Å². The average molecular weight is 149 g/mol. The largest absolute Gasteiger partial charge is 0.357 e. The first-order valence-corrected chi connectivity index (χ1v) is 3.67. The predicted molar refractivity (Wildman–Crippen MR) is 45.9 cm³/mol. The molecule has 0 spiro atoms. The van der Waals surface area contributed by atoms with Crippen molar-refractivity contribution in [2.45, 2.75) is 13.3 Å². The average Bonchev–Trinajstić information content (AvgIpc) is 2.07. The third-order valence-corrected chi connectivity index (χ3v) is 1.16. The summed E-state index contributed by atoms with van der Waals surface area (Å²) in [6.07, 6.45) is 2.62. The molecule has 0 bridgehead atoms. The standard InChI is InChI=1S/C9H11NO/c1-2-8-10-11-9-6-4-3-5-7-9/h3-8H,2H2,1H3. The second-order valence-corrected chi connectivity index (χ2v) is 2.10. The van der Waals surface area contributed by atoms with Gasteiger partial charge in [-0.3, -0.25) is 0 Å². The minimum Gasteiger partial charge on any atom is -0.357 e. The van der Waals surface area contributed by atoms with Crippen molar-refractivity contribution in [3.05, 3.63) is 30.3 Å². The molecule has 0 N–H and O–H groups in total. The second-order valence-electron chi connectivity index (χ2n) is 2.10. The van der Waals surface area contributed by atoms with Gasteiger partial charge in [0.25, 0.3) is 0 Å². The normalized spacial score (nSPS) is 10.3. The van der Waals surface area contributed by atoms with Crippen molar-refractivity contribution in [1.29, 1.82) is 0 Å². The topological polar surface area (TPSA) is 21.6 Å². The maximum absolute atomic E-state index is 5.02. The van der Waals surface area contributed by atoms with E-state index >= 15 is 0 Å². The molecule has 0 saturated carbocycles. The van der Waals surface area contributed by atoms with Crippen LogP contribution >= 0.6 is 0 Å². The first-order chi connectivity index (χ1) is 5.43. The highest BCUT2D eigenvalue weighted by atomic mass is 16.6. The Morgan fingerprint density at radius 2 is 2.09 bits per heavy atom. The molecule has 11 heavy (non-hydrogen) atoms. The van der Waals surface area contributed by atoms with Crippen LogP contribution in [0.15, 0.2) is 35.5 Å². The van der Waals surface area contributed by atoms with Crippen LogP contribution in [0.2, 0.25) is 0 Å². The Morgan fingerprint density at radius 1 is 1.36 bits per heavy atom. The number of oxime groups is 1. The number of benzene rings is 1. The summed E-state index contributed by atoms with van der Waals surface area (Å²) in [5, 5.41) is 3.74. The number of para-hydroxylation sites is 1. The molecular formula is C9H11NO. The molecule has 0 aliphatic rings. The molecule has 58 valence electrons. The highest BCUT2D eigenvalue weighted by Gasteiger charge is 1.85. The summed E-state index contributed by atoms with van der Waals surface area (Å²) in [4.78, 5) is 5.02. The molecule has 0 aromatic heterocycles. The van der Waals surface area contributed by atoms with E-state index in [1.165, 1.54) is 0 Å². The van der Waals surface area contributed by atoms with E-state index in [9.17, 15) is 0 Å². The lowest BCUT2D eigenvalue weighted by Gasteiger charge is -1.94. The van der Waals surface area contributed by atoms with E-state index in [0.29, 0.717) is 0 Å². The second kappa shape index (κ2) is 4.50. The van der Waals surface area contributed by atoms with E-state index < -0.39 is 0 Å². The molecule has 1 rings (SSSR count). The van der Waals surface area contributed by atoms with Gasteiger partial charge in [-0.25, -0.2) is 0 Å². The van der Waals surface area contributed by atoms with Crippen molar-refractivity contribution in [1.82, 2.24) is 0 Å². The van der Waals surface area contributed by atoms with Gasteiger partial charge < -0.3 is 4.84 Å². The minimum atomic E-state index is 0.775. The number of rotatable bonds is 3. The van der Waals surface area contributed by atoms with Crippen molar-refractivity contribution in [2.75, 3.05) is 0 Å². The molecule has 0 heterocycles.